The van der Waals surface area contributed by atoms with E-state index >= 15 is 0 Å². The van der Waals surface area contributed by atoms with Crippen LogP contribution in [-0.4, -0.2) is 12.8 Å². The topological polar surface area (TPSA) is 38.4 Å². The highest BCUT2D eigenvalue weighted by molar-refractivity contribution is 5.58. The zero-order chi connectivity index (χ0) is 12.4. The first-order chi connectivity index (χ1) is 7.55. The third-order valence-electron chi connectivity index (χ3n) is 2.96. The van der Waals surface area contributed by atoms with Gasteiger partial charge in [-0.3, -0.25) is 4.99 Å². The number of hydrogen-bond donors (Lipinski definition) is 1. The van der Waals surface area contributed by atoms with Gasteiger partial charge in [-0.2, -0.15) is 0 Å². The van der Waals surface area contributed by atoms with E-state index in [4.69, 9.17) is 5.73 Å². The molecule has 0 radical (unpaired) electrons. The molecule has 0 bridgehead atoms. The van der Waals surface area contributed by atoms with Crippen LogP contribution < -0.4 is 5.73 Å². The van der Waals surface area contributed by atoms with Gasteiger partial charge in [0.05, 0.1) is 0 Å². The predicted octanol–water partition coefficient (Wildman–Crippen LogP) is 3.92. The van der Waals surface area contributed by atoms with Gasteiger partial charge in [0, 0.05) is 19.0 Å². The van der Waals surface area contributed by atoms with Crippen LogP contribution in [-0.2, 0) is 0 Å². The fraction of sp³-hybridized carbons (Fsp3) is 0.786. The van der Waals surface area contributed by atoms with Gasteiger partial charge < -0.3 is 5.73 Å². The van der Waals surface area contributed by atoms with Crippen molar-refractivity contribution >= 4 is 6.21 Å². The number of hydrogen-bond acceptors (Lipinski definition) is 2. The quantitative estimate of drug-likeness (QED) is 0.624. The third-order valence-corrected chi connectivity index (χ3v) is 2.96. The molecule has 0 saturated carbocycles. The van der Waals surface area contributed by atoms with Gasteiger partial charge in [-0.15, -0.1) is 0 Å². The Morgan fingerprint density at radius 1 is 1.25 bits per heavy atom. The van der Waals surface area contributed by atoms with Crippen molar-refractivity contribution in [1.82, 2.24) is 0 Å². The Morgan fingerprint density at radius 2 is 1.94 bits per heavy atom. The Morgan fingerprint density at radius 3 is 2.44 bits per heavy atom. The SMILES string of the molecule is CCCC(C)(C)CCC=NC=C(CC)CN. The molecular weight excluding hydrogens is 196 g/mol. The van der Waals surface area contributed by atoms with Crippen LogP contribution in [0.5, 0.6) is 0 Å². The first-order valence-corrected chi connectivity index (χ1v) is 6.45. The van der Waals surface area contributed by atoms with E-state index in [0.717, 1.165) is 12.8 Å². The van der Waals surface area contributed by atoms with E-state index in [9.17, 15) is 0 Å². The summed E-state index contributed by atoms with van der Waals surface area (Å²) >= 11 is 0. The van der Waals surface area contributed by atoms with Crippen molar-refractivity contribution in [2.24, 2.45) is 16.1 Å². The van der Waals surface area contributed by atoms with Crippen LogP contribution in [0.4, 0.5) is 0 Å². The Balaban J connectivity index is 3.89. The monoisotopic (exact) mass is 224 g/mol. The fourth-order valence-corrected chi connectivity index (χ4v) is 1.78. The maximum absolute atomic E-state index is 5.56. The first-order valence-electron chi connectivity index (χ1n) is 6.45. The molecule has 0 saturated heterocycles. The standard InChI is InChI=1S/C14H28N2/c1-5-8-14(3,4)9-7-10-16-12-13(6-2)11-15/h10,12H,5-9,11,15H2,1-4H3. The summed E-state index contributed by atoms with van der Waals surface area (Å²) in [5, 5.41) is 0. The summed E-state index contributed by atoms with van der Waals surface area (Å²) < 4.78 is 0. The van der Waals surface area contributed by atoms with Gasteiger partial charge >= 0.3 is 0 Å². The summed E-state index contributed by atoms with van der Waals surface area (Å²) in [4.78, 5) is 4.31. The minimum Gasteiger partial charge on any atom is -0.327 e. The minimum atomic E-state index is 0.450. The van der Waals surface area contributed by atoms with Gasteiger partial charge in [0.25, 0.3) is 0 Å². The molecule has 94 valence electrons. The highest BCUT2D eigenvalue weighted by atomic mass is 14.7. The number of rotatable bonds is 8. The number of aliphatic imine (C=N–C) groups is 1. The molecular formula is C14H28N2. The average molecular weight is 224 g/mol. The lowest BCUT2D eigenvalue weighted by atomic mass is 9.84. The molecule has 0 fully saturated rings. The molecule has 0 aromatic carbocycles. The van der Waals surface area contributed by atoms with Crippen molar-refractivity contribution in [1.29, 1.82) is 0 Å². The molecule has 16 heavy (non-hydrogen) atoms. The highest BCUT2D eigenvalue weighted by Gasteiger charge is 2.14. The van der Waals surface area contributed by atoms with E-state index in [2.05, 4.69) is 32.7 Å². The number of nitrogens with zero attached hydrogens (tertiary/aromatic N) is 1. The minimum absolute atomic E-state index is 0.450. The van der Waals surface area contributed by atoms with Crippen molar-refractivity contribution in [2.45, 2.75) is 59.8 Å². The molecule has 0 heterocycles. The molecule has 0 unspecified atom stereocenters. The van der Waals surface area contributed by atoms with Crippen LogP contribution in [0.25, 0.3) is 0 Å². The van der Waals surface area contributed by atoms with Crippen molar-refractivity contribution in [3.8, 4) is 0 Å². The van der Waals surface area contributed by atoms with Crippen LogP contribution in [0.1, 0.15) is 59.8 Å². The van der Waals surface area contributed by atoms with E-state index in [-0.39, 0.29) is 0 Å². The lowest BCUT2D eigenvalue weighted by Crippen LogP contribution is -2.10. The fourth-order valence-electron chi connectivity index (χ4n) is 1.78. The van der Waals surface area contributed by atoms with Crippen LogP contribution in [0.3, 0.4) is 0 Å². The summed E-state index contributed by atoms with van der Waals surface area (Å²) in [6.07, 6.45) is 9.74. The van der Waals surface area contributed by atoms with E-state index in [0.29, 0.717) is 12.0 Å². The lowest BCUT2D eigenvalue weighted by molar-refractivity contribution is 0.311. The van der Waals surface area contributed by atoms with E-state index in [1.807, 2.05) is 12.4 Å². The molecule has 0 aromatic heterocycles. The summed E-state index contributed by atoms with van der Waals surface area (Å²) in [5.74, 6) is 0. The van der Waals surface area contributed by atoms with E-state index < -0.39 is 0 Å². The maximum Gasteiger partial charge on any atom is 0.0268 e. The molecule has 0 aromatic rings. The van der Waals surface area contributed by atoms with E-state index in [1.165, 1.54) is 24.8 Å². The second kappa shape index (κ2) is 8.51. The summed E-state index contributed by atoms with van der Waals surface area (Å²) in [7, 11) is 0. The Kier molecular flexibility index (Phi) is 8.18. The van der Waals surface area contributed by atoms with Gasteiger partial charge in [-0.25, -0.2) is 0 Å². The second-order valence-electron chi connectivity index (χ2n) is 5.13. The molecule has 0 rings (SSSR count). The lowest BCUT2D eigenvalue weighted by Gasteiger charge is -2.22. The van der Waals surface area contributed by atoms with Gasteiger partial charge in [0.1, 0.15) is 0 Å². The van der Waals surface area contributed by atoms with Crippen LogP contribution in [0.15, 0.2) is 16.8 Å². The predicted molar refractivity (Wildman–Crippen MR) is 73.8 cm³/mol. The van der Waals surface area contributed by atoms with Gasteiger partial charge in [0.2, 0.25) is 0 Å². The molecule has 2 heteroatoms. The van der Waals surface area contributed by atoms with Crippen molar-refractivity contribution in [3.05, 3.63) is 11.8 Å². The van der Waals surface area contributed by atoms with Gasteiger partial charge in [-0.05, 0) is 36.7 Å². The van der Waals surface area contributed by atoms with E-state index in [1.54, 1.807) is 0 Å². The maximum atomic E-state index is 5.56. The normalized spacial score (nSPS) is 13.7. The first kappa shape index (κ1) is 15.4. The Hall–Kier alpha value is -0.630. The summed E-state index contributed by atoms with van der Waals surface area (Å²) in [6, 6.07) is 0. The van der Waals surface area contributed by atoms with Gasteiger partial charge in [-0.1, -0.05) is 34.1 Å². The smallest absolute Gasteiger partial charge is 0.0268 e. The van der Waals surface area contributed by atoms with Crippen LogP contribution in [0.2, 0.25) is 0 Å². The molecule has 0 aliphatic carbocycles. The highest BCUT2D eigenvalue weighted by Crippen LogP contribution is 2.27. The molecule has 2 N–H and O–H groups in total. The van der Waals surface area contributed by atoms with Crippen molar-refractivity contribution in [3.63, 3.8) is 0 Å². The van der Waals surface area contributed by atoms with Crippen LogP contribution >= 0.6 is 0 Å². The molecule has 0 amide bonds. The third kappa shape index (κ3) is 7.63. The average Bonchev–Trinajstić information content (AvgIpc) is 2.23. The van der Waals surface area contributed by atoms with Gasteiger partial charge in [0.15, 0.2) is 0 Å². The Bertz CT molecular complexity index is 221. The summed E-state index contributed by atoms with van der Waals surface area (Å²) in [6.45, 7) is 9.64. The zero-order valence-corrected chi connectivity index (χ0v) is 11.4. The molecule has 0 atom stereocenters. The molecule has 0 aliphatic rings. The summed E-state index contributed by atoms with van der Waals surface area (Å²) in [5.41, 5.74) is 7.23. The molecule has 0 aliphatic heterocycles. The van der Waals surface area contributed by atoms with Crippen molar-refractivity contribution in [2.75, 3.05) is 6.54 Å². The molecule has 0 spiro atoms. The second-order valence-corrected chi connectivity index (χ2v) is 5.13. The zero-order valence-electron chi connectivity index (χ0n) is 11.4. The Labute approximate surface area is 101 Å². The molecule has 2 nitrogen and oxygen atoms in total. The van der Waals surface area contributed by atoms with Crippen LogP contribution in [0, 0.1) is 5.41 Å². The number of nitrogens with two attached hydrogens (primary N) is 1. The van der Waals surface area contributed by atoms with Crippen molar-refractivity contribution < 1.29 is 0 Å². The largest absolute Gasteiger partial charge is 0.327 e.